The van der Waals surface area contributed by atoms with Gasteiger partial charge in [0.1, 0.15) is 4.32 Å². The number of thiocarbonyl (C=S) groups is 1. The third kappa shape index (κ3) is 5.30. The molecule has 1 amide bonds. The Bertz CT molecular complexity index is 704. The first-order valence-electron chi connectivity index (χ1n) is 8.39. The number of thioether (sulfide) groups is 1. The molecular formula is C18H22N2O4S2. The van der Waals surface area contributed by atoms with E-state index >= 15 is 0 Å². The van der Waals surface area contributed by atoms with Crippen LogP contribution in [-0.2, 0) is 9.59 Å². The second kappa shape index (κ2) is 9.70. The normalized spacial score (nSPS) is 15.8. The minimum absolute atomic E-state index is 0.0132. The average molecular weight is 395 g/mol. The van der Waals surface area contributed by atoms with Crippen LogP contribution in [0.4, 0.5) is 5.69 Å². The van der Waals surface area contributed by atoms with Gasteiger partial charge in [0, 0.05) is 31.7 Å². The van der Waals surface area contributed by atoms with Crippen LogP contribution in [0.1, 0.15) is 25.3 Å². The lowest BCUT2D eigenvalue weighted by molar-refractivity contribution is -0.137. The van der Waals surface area contributed by atoms with Crippen LogP contribution < -0.4 is 4.90 Å². The number of hydrogen-bond donors (Lipinski definition) is 2. The Kier molecular flexibility index (Phi) is 7.62. The molecule has 1 fully saturated rings. The Balaban J connectivity index is 2.06. The second-order valence-corrected chi connectivity index (χ2v) is 7.40. The van der Waals surface area contributed by atoms with Crippen molar-refractivity contribution in [3.05, 3.63) is 34.7 Å². The van der Waals surface area contributed by atoms with Crippen molar-refractivity contribution in [2.24, 2.45) is 0 Å². The van der Waals surface area contributed by atoms with Gasteiger partial charge >= 0.3 is 5.97 Å². The lowest BCUT2D eigenvalue weighted by Gasteiger charge is -2.21. The number of aliphatic carboxylic acids is 1. The van der Waals surface area contributed by atoms with Gasteiger partial charge in [0.25, 0.3) is 5.91 Å². The number of amides is 1. The first kappa shape index (κ1) is 20.4. The maximum absolute atomic E-state index is 12.5. The van der Waals surface area contributed by atoms with Gasteiger partial charge in [-0.15, -0.1) is 0 Å². The van der Waals surface area contributed by atoms with Crippen LogP contribution in [0.2, 0.25) is 0 Å². The molecule has 8 heteroatoms. The number of nitrogens with zero attached hydrogens (tertiary/aromatic N) is 2. The molecule has 2 N–H and O–H groups in total. The highest BCUT2D eigenvalue weighted by Gasteiger charge is 2.31. The summed E-state index contributed by atoms with van der Waals surface area (Å²) in [5.74, 6) is -1.06. The molecule has 0 aliphatic carbocycles. The molecule has 26 heavy (non-hydrogen) atoms. The van der Waals surface area contributed by atoms with Crippen molar-refractivity contribution < 1.29 is 19.8 Å². The van der Waals surface area contributed by atoms with E-state index in [0.29, 0.717) is 28.7 Å². The predicted octanol–water partition coefficient (Wildman–Crippen LogP) is 2.57. The van der Waals surface area contributed by atoms with Crippen LogP contribution in [0.25, 0.3) is 6.08 Å². The van der Waals surface area contributed by atoms with Gasteiger partial charge in [-0.2, -0.15) is 0 Å². The minimum atomic E-state index is -0.881. The highest BCUT2D eigenvalue weighted by Crippen LogP contribution is 2.33. The van der Waals surface area contributed by atoms with E-state index in [4.69, 9.17) is 22.4 Å². The number of carboxylic acid groups (broad SMARTS) is 1. The number of aliphatic hydroxyl groups excluding tert-OH is 1. The van der Waals surface area contributed by atoms with Crippen molar-refractivity contribution in [1.82, 2.24) is 4.90 Å². The fraction of sp³-hybridized carbons (Fsp3) is 0.389. The van der Waals surface area contributed by atoms with Crippen LogP contribution >= 0.6 is 24.0 Å². The Labute approximate surface area is 162 Å². The SMILES string of the molecule is CCN(CCO)c1ccc(/C=C2\SC(=S)N(CCCC(=O)O)C2=O)cc1. The van der Waals surface area contributed by atoms with E-state index in [1.54, 1.807) is 6.08 Å². The number of benzene rings is 1. The second-order valence-electron chi connectivity index (χ2n) is 5.73. The molecule has 0 bridgehead atoms. The fourth-order valence-electron chi connectivity index (χ4n) is 2.60. The Morgan fingerprint density at radius 2 is 2.04 bits per heavy atom. The van der Waals surface area contributed by atoms with Gasteiger partial charge in [-0.1, -0.05) is 36.1 Å². The smallest absolute Gasteiger partial charge is 0.303 e. The summed E-state index contributed by atoms with van der Waals surface area (Å²) in [6, 6.07) is 7.76. The van der Waals surface area contributed by atoms with Crippen molar-refractivity contribution >= 4 is 51.9 Å². The molecule has 1 aromatic rings. The molecule has 0 atom stereocenters. The van der Waals surface area contributed by atoms with Crippen molar-refractivity contribution in [3.8, 4) is 0 Å². The zero-order valence-electron chi connectivity index (χ0n) is 14.6. The molecular weight excluding hydrogens is 372 g/mol. The van der Waals surface area contributed by atoms with Crippen molar-refractivity contribution in [2.75, 3.05) is 31.1 Å². The molecule has 0 radical (unpaired) electrons. The average Bonchev–Trinajstić information content (AvgIpc) is 2.87. The molecule has 1 heterocycles. The molecule has 1 saturated heterocycles. The predicted molar refractivity (Wildman–Crippen MR) is 108 cm³/mol. The summed E-state index contributed by atoms with van der Waals surface area (Å²) in [4.78, 5) is 27.1. The molecule has 0 saturated carbocycles. The largest absolute Gasteiger partial charge is 0.481 e. The maximum atomic E-state index is 12.5. The number of carbonyl (C=O) groups excluding carboxylic acids is 1. The highest BCUT2D eigenvalue weighted by atomic mass is 32.2. The third-order valence-electron chi connectivity index (χ3n) is 3.95. The van der Waals surface area contributed by atoms with Gasteiger partial charge in [0.05, 0.1) is 11.5 Å². The molecule has 1 aliphatic rings. The number of hydrogen-bond acceptors (Lipinski definition) is 6. The number of aliphatic hydroxyl groups is 1. The van der Waals surface area contributed by atoms with E-state index in [0.717, 1.165) is 17.8 Å². The van der Waals surface area contributed by atoms with Crippen LogP contribution in [0.3, 0.4) is 0 Å². The fourth-order valence-corrected chi connectivity index (χ4v) is 3.91. The van der Waals surface area contributed by atoms with E-state index in [-0.39, 0.29) is 18.9 Å². The van der Waals surface area contributed by atoms with E-state index < -0.39 is 5.97 Å². The molecule has 0 spiro atoms. The highest BCUT2D eigenvalue weighted by molar-refractivity contribution is 8.26. The first-order valence-corrected chi connectivity index (χ1v) is 9.61. The molecule has 0 aromatic heterocycles. The number of carbonyl (C=O) groups is 2. The van der Waals surface area contributed by atoms with Gasteiger partial charge in [0.2, 0.25) is 0 Å². The maximum Gasteiger partial charge on any atom is 0.303 e. The summed E-state index contributed by atoms with van der Waals surface area (Å²) in [7, 11) is 0. The molecule has 2 rings (SSSR count). The Morgan fingerprint density at radius 3 is 2.62 bits per heavy atom. The van der Waals surface area contributed by atoms with Crippen LogP contribution in [0, 0.1) is 0 Å². The number of likely N-dealkylation sites (N-methyl/N-ethyl adjacent to an activating group) is 1. The Hall–Kier alpha value is -1.90. The third-order valence-corrected chi connectivity index (χ3v) is 5.33. The number of carboxylic acids is 1. The van der Waals surface area contributed by atoms with E-state index in [9.17, 15) is 9.59 Å². The van der Waals surface area contributed by atoms with E-state index in [1.807, 2.05) is 31.2 Å². The Morgan fingerprint density at radius 1 is 1.35 bits per heavy atom. The van der Waals surface area contributed by atoms with Gasteiger partial charge < -0.3 is 15.1 Å². The zero-order valence-corrected chi connectivity index (χ0v) is 16.2. The van der Waals surface area contributed by atoms with Crippen molar-refractivity contribution in [2.45, 2.75) is 19.8 Å². The van der Waals surface area contributed by atoms with E-state index in [1.165, 1.54) is 16.7 Å². The topological polar surface area (TPSA) is 81.1 Å². The van der Waals surface area contributed by atoms with Crippen LogP contribution in [-0.4, -0.2) is 57.6 Å². The minimum Gasteiger partial charge on any atom is -0.481 e. The monoisotopic (exact) mass is 394 g/mol. The number of anilines is 1. The summed E-state index contributed by atoms with van der Waals surface area (Å²) in [6.07, 6.45) is 2.18. The van der Waals surface area contributed by atoms with Gasteiger partial charge in [-0.25, -0.2) is 0 Å². The molecule has 6 nitrogen and oxygen atoms in total. The summed E-state index contributed by atoms with van der Waals surface area (Å²) in [6.45, 7) is 3.82. The molecule has 1 aliphatic heterocycles. The first-order chi connectivity index (χ1) is 12.5. The van der Waals surface area contributed by atoms with Gasteiger partial charge in [0.15, 0.2) is 0 Å². The molecule has 1 aromatic carbocycles. The van der Waals surface area contributed by atoms with E-state index in [2.05, 4.69) is 4.90 Å². The van der Waals surface area contributed by atoms with Gasteiger partial charge in [-0.05, 0) is 37.1 Å². The number of rotatable bonds is 9. The lowest BCUT2D eigenvalue weighted by atomic mass is 10.1. The van der Waals surface area contributed by atoms with Gasteiger partial charge in [-0.3, -0.25) is 14.5 Å². The molecule has 0 unspecified atom stereocenters. The van der Waals surface area contributed by atoms with Crippen molar-refractivity contribution in [3.63, 3.8) is 0 Å². The van der Waals surface area contributed by atoms with Crippen LogP contribution in [0.5, 0.6) is 0 Å². The standard InChI is InChI=1S/C18H22N2O4S2/c1-2-19(10-11-21)14-7-5-13(6-8-14)12-15-17(24)20(18(25)26-15)9-3-4-16(22)23/h5-8,12,21H,2-4,9-11H2,1H3,(H,22,23)/b15-12-. The lowest BCUT2D eigenvalue weighted by Crippen LogP contribution is -2.29. The quantitative estimate of drug-likeness (QED) is 0.492. The summed E-state index contributed by atoms with van der Waals surface area (Å²) < 4.78 is 0.461. The van der Waals surface area contributed by atoms with Crippen molar-refractivity contribution in [1.29, 1.82) is 0 Å². The zero-order chi connectivity index (χ0) is 19.1. The summed E-state index contributed by atoms with van der Waals surface area (Å²) >= 11 is 6.48. The summed E-state index contributed by atoms with van der Waals surface area (Å²) in [5.41, 5.74) is 1.90. The van der Waals surface area contributed by atoms with Crippen LogP contribution in [0.15, 0.2) is 29.2 Å². The molecule has 140 valence electrons. The summed E-state index contributed by atoms with van der Waals surface area (Å²) in [5, 5.41) is 17.8.